The van der Waals surface area contributed by atoms with E-state index in [1.807, 2.05) is 0 Å². The van der Waals surface area contributed by atoms with Gasteiger partial charge in [0.15, 0.2) is 0 Å². The molecule has 3 atom stereocenters. The van der Waals surface area contributed by atoms with Gasteiger partial charge in [-0.05, 0) is 12.3 Å². The number of rotatable bonds is 6. The lowest BCUT2D eigenvalue weighted by Gasteiger charge is -2.23. The van der Waals surface area contributed by atoms with Gasteiger partial charge in [0.2, 0.25) is 5.91 Å². The van der Waals surface area contributed by atoms with Gasteiger partial charge in [-0.15, -0.1) is 0 Å². The van der Waals surface area contributed by atoms with E-state index in [0.717, 1.165) is 0 Å². The molecular formula is C13H21NO6. The van der Waals surface area contributed by atoms with E-state index in [4.69, 9.17) is 4.74 Å². The molecule has 0 radical (unpaired) electrons. The van der Waals surface area contributed by atoms with Crippen LogP contribution in [0.15, 0.2) is 0 Å². The third kappa shape index (κ3) is 4.48. The normalized spacial score (nSPS) is 20.9. The average Bonchev–Trinajstić information content (AvgIpc) is 2.97. The molecule has 0 aliphatic carbocycles. The van der Waals surface area contributed by atoms with Gasteiger partial charge < -0.3 is 19.5 Å². The molecule has 20 heavy (non-hydrogen) atoms. The number of esters is 2. The van der Waals surface area contributed by atoms with Crippen molar-refractivity contribution in [2.75, 3.05) is 27.4 Å². The molecule has 0 aromatic carbocycles. The van der Waals surface area contributed by atoms with Gasteiger partial charge in [0.1, 0.15) is 6.04 Å². The number of nitrogens with one attached hydrogen (secondary N) is 1. The highest BCUT2D eigenvalue weighted by Crippen LogP contribution is 2.15. The van der Waals surface area contributed by atoms with Crippen LogP contribution in [0, 0.1) is 11.8 Å². The van der Waals surface area contributed by atoms with Gasteiger partial charge >= 0.3 is 11.9 Å². The van der Waals surface area contributed by atoms with Crippen molar-refractivity contribution in [2.24, 2.45) is 11.8 Å². The van der Waals surface area contributed by atoms with E-state index in [9.17, 15) is 14.4 Å². The Labute approximate surface area is 117 Å². The van der Waals surface area contributed by atoms with Crippen LogP contribution < -0.4 is 5.32 Å². The van der Waals surface area contributed by atoms with E-state index >= 15 is 0 Å². The first kappa shape index (κ1) is 16.4. The van der Waals surface area contributed by atoms with E-state index in [0.29, 0.717) is 19.6 Å². The summed E-state index contributed by atoms with van der Waals surface area (Å²) in [7, 11) is 2.52. The van der Waals surface area contributed by atoms with Crippen LogP contribution in [0.2, 0.25) is 0 Å². The second-order valence-electron chi connectivity index (χ2n) is 4.83. The van der Waals surface area contributed by atoms with Crippen LogP contribution in [0.3, 0.4) is 0 Å². The number of methoxy groups -OCH3 is 2. The summed E-state index contributed by atoms with van der Waals surface area (Å²) in [6.07, 6.45) is 0.656. The highest BCUT2D eigenvalue weighted by atomic mass is 16.5. The summed E-state index contributed by atoms with van der Waals surface area (Å²) < 4.78 is 14.4. The summed E-state index contributed by atoms with van der Waals surface area (Å²) in [6, 6.07) is -0.868. The maximum Gasteiger partial charge on any atom is 0.328 e. The van der Waals surface area contributed by atoms with Crippen molar-refractivity contribution in [3.05, 3.63) is 0 Å². The number of ether oxygens (including phenoxy) is 3. The molecule has 1 rings (SSSR count). The predicted molar refractivity (Wildman–Crippen MR) is 68.7 cm³/mol. The molecule has 1 fully saturated rings. The fraction of sp³-hybridized carbons (Fsp3) is 0.769. The van der Waals surface area contributed by atoms with Crippen molar-refractivity contribution in [1.29, 1.82) is 0 Å². The molecule has 0 bridgehead atoms. The van der Waals surface area contributed by atoms with Crippen molar-refractivity contribution in [3.8, 4) is 0 Å². The molecule has 1 heterocycles. The molecule has 0 spiro atoms. The van der Waals surface area contributed by atoms with Crippen molar-refractivity contribution < 1.29 is 28.6 Å². The van der Waals surface area contributed by atoms with E-state index in [-0.39, 0.29) is 18.2 Å². The Kier molecular flexibility index (Phi) is 6.44. The third-order valence-electron chi connectivity index (χ3n) is 3.34. The first-order valence-electron chi connectivity index (χ1n) is 6.52. The van der Waals surface area contributed by atoms with Crippen LogP contribution in [-0.2, 0) is 28.6 Å². The molecule has 1 N–H and O–H groups in total. The Balaban J connectivity index is 2.65. The molecule has 0 aromatic heterocycles. The molecule has 7 heteroatoms. The Bertz CT molecular complexity index is 364. The summed E-state index contributed by atoms with van der Waals surface area (Å²) in [5, 5.41) is 2.64. The van der Waals surface area contributed by atoms with Crippen molar-refractivity contribution in [1.82, 2.24) is 5.32 Å². The minimum atomic E-state index is -0.868. The van der Waals surface area contributed by atoms with Crippen molar-refractivity contribution >= 4 is 17.8 Å². The van der Waals surface area contributed by atoms with Crippen LogP contribution in [0.1, 0.15) is 19.8 Å². The lowest BCUT2D eigenvalue weighted by Crippen LogP contribution is -2.48. The van der Waals surface area contributed by atoms with Crippen LogP contribution in [0.25, 0.3) is 0 Å². The number of hydrogen-bond acceptors (Lipinski definition) is 6. The van der Waals surface area contributed by atoms with Crippen LogP contribution in [-0.4, -0.2) is 51.3 Å². The number of carbonyl (C=O) groups excluding carboxylic acids is 3. The van der Waals surface area contributed by atoms with E-state index < -0.39 is 23.9 Å². The van der Waals surface area contributed by atoms with Crippen molar-refractivity contribution in [2.45, 2.75) is 25.8 Å². The summed E-state index contributed by atoms with van der Waals surface area (Å²) in [6.45, 7) is 2.58. The van der Waals surface area contributed by atoms with Crippen LogP contribution >= 0.6 is 0 Å². The minimum Gasteiger partial charge on any atom is -0.469 e. The van der Waals surface area contributed by atoms with E-state index in [1.54, 1.807) is 6.92 Å². The van der Waals surface area contributed by atoms with Crippen LogP contribution in [0.4, 0.5) is 0 Å². The fourth-order valence-corrected chi connectivity index (χ4v) is 2.04. The zero-order chi connectivity index (χ0) is 15.1. The second kappa shape index (κ2) is 7.84. The topological polar surface area (TPSA) is 90.9 Å². The lowest BCUT2D eigenvalue weighted by atomic mass is 9.97. The van der Waals surface area contributed by atoms with E-state index in [1.165, 1.54) is 14.2 Å². The number of hydrogen-bond donors (Lipinski definition) is 1. The Morgan fingerprint density at radius 1 is 1.30 bits per heavy atom. The van der Waals surface area contributed by atoms with E-state index in [2.05, 4.69) is 14.8 Å². The largest absolute Gasteiger partial charge is 0.469 e. The quantitative estimate of drug-likeness (QED) is 0.685. The molecule has 7 nitrogen and oxygen atoms in total. The summed E-state index contributed by atoms with van der Waals surface area (Å²) in [4.78, 5) is 35.0. The molecule has 1 aliphatic rings. The third-order valence-corrected chi connectivity index (χ3v) is 3.34. The zero-order valence-corrected chi connectivity index (χ0v) is 12.0. The van der Waals surface area contributed by atoms with Gasteiger partial charge in [-0.1, -0.05) is 6.92 Å². The predicted octanol–water partition coefficient (Wildman–Crippen LogP) is -0.120. The van der Waals surface area contributed by atoms with Crippen LogP contribution in [0.5, 0.6) is 0 Å². The molecule has 1 aliphatic heterocycles. The fourth-order valence-electron chi connectivity index (χ4n) is 2.04. The van der Waals surface area contributed by atoms with Gasteiger partial charge in [0, 0.05) is 6.61 Å². The molecule has 0 unspecified atom stereocenters. The Morgan fingerprint density at radius 2 is 2.00 bits per heavy atom. The molecule has 1 amide bonds. The standard InChI is InChI=1S/C13H21NO6/c1-8(6-10(15)18-2)11(13(17)19-3)14-12(16)9-4-5-20-7-9/h8-9,11H,4-7H2,1-3H3,(H,14,16)/t8-,9-,11+/m1/s1. The zero-order valence-electron chi connectivity index (χ0n) is 12.0. The number of carbonyl (C=O) groups is 3. The Morgan fingerprint density at radius 3 is 2.50 bits per heavy atom. The molecule has 0 saturated carbocycles. The summed E-state index contributed by atoms with van der Waals surface area (Å²) in [5.41, 5.74) is 0. The van der Waals surface area contributed by atoms with Gasteiger partial charge in [-0.2, -0.15) is 0 Å². The lowest BCUT2D eigenvalue weighted by molar-refractivity contribution is -0.149. The summed E-state index contributed by atoms with van der Waals surface area (Å²) >= 11 is 0. The van der Waals surface area contributed by atoms with Gasteiger partial charge in [-0.25, -0.2) is 4.79 Å². The first-order valence-corrected chi connectivity index (χ1v) is 6.52. The summed E-state index contributed by atoms with van der Waals surface area (Å²) in [5.74, 6) is -1.94. The minimum absolute atomic E-state index is 0.0255. The maximum absolute atomic E-state index is 12.0. The first-order chi connectivity index (χ1) is 9.49. The molecule has 1 saturated heterocycles. The molecule has 0 aromatic rings. The maximum atomic E-state index is 12.0. The molecular weight excluding hydrogens is 266 g/mol. The highest BCUT2D eigenvalue weighted by Gasteiger charge is 2.32. The monoisotopic (exact) mass is 287 g/mol. The molecule has 114 valence electrons. The second-order valence-corrected chi connectivity index (χ2v) is 4.83. The average molecular weight is 287 g/mol. The van der Waals surface area contributed by atoms with Crippen molar-refractivity contribution in [3.63, 3.8) is 0 Å². The Hall–Kier alpha value is -1.63. The van der Waals surface area contributed by atoms with Gasteiger partial charge in [0.05, 0.1) is 33.2 Å². The smallest absolute Gasteiger partial charge is 0.328 e. The van der Waals surface area contributed by atoms with Gasteiger partial charge in [-0.3, -0.25) is 9.59 Å². The number of amides is 1. The SMILES string of the molecule is COC(=O)C[C@@H](C)[C@H](NC(=O)[C@@H]1CCOC1)C(=O)OC. The highest BCUT2D eigenvalue weighted by molar-refractivity contribution is 5.86. The van der Waals surface area contributed by atoms with Gasteiger partial charge in [0.25, 0.3) is 0 Å².